The first-order valence-electron chi connectivity index (χ1n) is 5.65. The van der Waals surface area contributed by atoms with Crippen molar-refractivity contribution in [3.63, 3.8) is 0 Å². The Kier molecular flexibility index (Phi) is 5.97. The number of esters is 1. The van der Waals surface area contributed by atoms with Crippen LogP contribution < -0.4 is 0 Å². The summed E-state index contributed by atoms with van der Waals surface area (Å²) in [6, 6.07) is 1.63. The SMILES string of the molecule is CCN(CCC(=O)OC)S(=O)(=O)c1cc(C)c(Br)s1. The third kappa shape index (κ3) is 4.01. The number of ether oxygens (including phenoxy) is 1. The standard InChI is InChI=1S/C11H16BrNO4S2/c1-4-13(6-5-9(14)17-3)19(15,16)10-7-8(2)11(12)18-10/h7H,4-6H2,1-3H3. The van der Waals surface area contributed by atoms with Gasteiger partial charge in [-0.3, -0.25) is 4.79 Å². The van der Waals surface area contributed by atoms with Crippen LogP contribution in [0.1, 0.15) is 18.9 Å². The number of thiophene rings is 1. The molecule has 1 aromatic heterocycles. The summed E-state index contributed by atoms with van der Waals surface area (Å²) >= 11 is 4.49. The summed E-state index contributed by atoms with van der Waals surface area (Å²) in [7, 11) is -2.26. The molecule has 19 heavy (non-hydrogen) atoms. The van der Waals surface area contributed by atoms with Crippen molar-refractivity contribution in [2.75, 3.05) is 20.2 Å². The maximum Gasteiger partial charge on any atom is 0.306 e. The summed E-state index contributed by atoms with van der Waals surface area (Å²) in [5.74, 6) is -0.419. The minimum atomic E-state index is -3.54. The number of methoxy groups -OCH3 is 1. The number of aryl methyl sites for hydroxylation is 1. The maximum absolute atomic E-state index is 12.4. The Morgan fingerprint density at radius 3 is 2.58 bits per heavy atom. The number of hydrogen-bond acceptors (Lipinski definition) is 5. The fraction of sp³-hybridized carbons (Fsp3) is 0.545. The average Bonchev–Trinajstić information content (AvgIpc) is 2.70. The second kappa shape index (κ2) is 6.83. The van der Waals surface area contributed by atoms with E-state index in [0.717, 1.165) is 9.35 Å². The number of nitrogens with zero attached hydrogens (tertiary/aromatic N) is 1. The normalized spacial score (nSPS) is 11.8. The molecule has 0 aliphatic rings. The first-order valence-corrected chi connectivity index (χ1v) is 8.70. The highest BCUT2D eigenvalue weighted by Crippen LogP contribution is 2.32. The molecule has 108 valence electrons. The molecule has 0 atom stereocenters. The van der Waals surface area contributed by atoms with Crippen LogP contribution in [0.5, 0.6) is 0 Å². The van der Waals surface area contributed by atoms with Crippen LogP contribution in [0.25, 0.3) is 0 Å². The predicted octanol–water partition coefficient (Wildman–Crippen LogP) is 2.39. The second-order valence-corrected chi connectivity index (χ2v) is 8.38. The Morgan fingerprint density at radius 1 is 1.53 bits per heavy atom. The van der Waals surface area contributed by atoms with Crippen molar-refractivity contribution >= 4 is 43.3 Å². The van der Waals surface area contributed by atoms with Crippen LogP contribution in [0.2, 0.25) is 0 Å². The minimum absolute atomic E-state index is 0.0507. The third-order valence-corrected chi connectivity index (χ3v) is 7.13. The van der Waals surface area contributed by atoms with E-state index >= 15 is 0 Å². The van der Waals surface area contributed by atoms with Crippen LogP contribution in [0.15, 0.2) is 14.1 Å². The number of sulfonamides is 1. The predicted molar refractivity (Wildman–Crippen MR) is 77.8 cm³/mol. The lowest BCUT2D eigenvalue weighted by molar-refractivity contribution is -0.140. The topological polar surface area (TPSA) is 63.7 Å². The smallest absolute Gasteiger partial charge is 0.306 e. The fourth-order valence-electron chi connectivity index (χ4n) is 1.45. The van der Waals surface area contributed by atoms with E-state index in [1.54, 1.807) is 13.0 Å². The van der Waals surface area contributed by atoms with Gasteiger partial charge in [0.2, 0.25) is 0 Å². The highest BCUT2D eigenvalue weighted by atomic mass is 79.9. The Bertz CT molecular complexity index is 534. The molecule has 0 aromatic carbocycles. The molecule has 0 bridgehead atoms. The number of carbonyl (C=O) groups excluding carboxylic acids is 1. The van der Waals surface area contributed by atoms with E-state index in [1.807, 2.05) is 6.92 Å². The van der Waals surface area contributed by atoms with E-state index in [9.17, 15) is 13.2 Å². The zero-order valence-corrected chi connectivity index (χ0v) is 14.2. The lowest BCUT2D eigenvalue weighted by Crippen LogP contribution is -2.32. The second-order valence-electron chi connectivity index (χ2n) is 3.84. The van der Waals surface area contributed by atoms with Gasteiger partial charge in [0.05, 0.1) is 17.3 Å². The molecule has 1 rings (SSSR count). The van der Waals surface area contributed by atoms with E-state index < -0.39 is 16.0 Å². The van der Waals surface area contributed by atoms with Crippen LogP contribution >= 0.6 is 27.3 Å². The summed E-state index contributed by atoms with van der Waals surface area (Å²) in [4.78, 5) is 11.1. The highest BCUT2D eigenvalue weighted by molar-refractivity contribution is 9.11. The fourth-order valence-corrected chi connectivity index (χ4v) is 5.28. The quantitative estimate of drug-likeness (QED) is 0.722. The Hall–Kier alpha value is -0.440. The molecule has 1 aromatic rings. The molecule has 0 saturated carbocycles. The van der Waals surface area contributed by atoms with Crippen molar-refractivity contribution in [2.24, 2.45) is 0 Å². The molecule has 0 unspecified atom stereocenters. The van der Waals surface area contributed by atoms with Crippen molar-refractivity contribution in [1.82, 2.24) is 4.31 Å². The Balaban J connectivity index is 2.92. The van der Waals surface area contributed by atoms with Crippen LogP contribution in [0.3, 0.4) is 0 Å². The van der Waals surface area contributed by atoms with Crippen LogP contribution in [-0.4, -0.2) is 38.9 Å². The molecule has 0 fully saturated rings. The lowest BCUT2D eigenvalue weighted by atomic mass is 10.4. The molecule has 0 amide bonds. The molecule has 0 spiro atoms. The van der Waals surface area contributed by atoms with Crippen molar-refractivity contribution in [3.05, 3.63) is 15.4 Å². The summed E-state index contributed by atoms with van der Waals surface area (Å²) in [5.41, 5.74) is 0.882. The van der Waals surface area contributed by atoms with E-state index in [4.69, 9.17) is 0 Å². The van der Waals surface area contributed by atoms with Crippen molar-refractivity contribution in [3.8, 4) is 0 Å². The van der Waals surface area contributed by atoms with Crippen molar-refractivity contribution in [2.45, 2.75) is 24.5 Å². The maximum atomic E-state index is 12.4. The lowest BCUT2D eigenvalue weighted by Gasteiger charge is -2.18. The molecule has 5 nitrogen and oxygen atoms in total. The Morgan fingerprint density at radius 2 is 2.16 bits per heavy atom. The zero-order valence-electron chi connectivity index (χ0n) is 11.0. The van der Waals surface area contributed by atoms with Gasteiger partial charge in [-0.05, 0) is 34.5 Å². The van der Waals surface area contributed by atoms with Crippen LogP contribution in [0.4, 0.5) is 0 Å². The molecular formula is C11H16BrNO4S2. The monoisotopic (exact) mass is 369 g/mol. The molecule has 0 saturated heterocycles. The summed E-state index contributed by atoms with van der Waals surface area (Å²) in [6.07, 6.45) is 0.0507. The minimum Gasteiger partial charge on any atom is -0.469 e. The molecule has 8 heteroatoms. The van der Waals surface area contributed by atoms with Gasteiger partial charge in [-0.25, -0.2) is 8.42 Å². The number of rotatable bonds is 6. The van der Waals surface area contributed by atoms with Crippen molar-refractivity contribution in [1.29, 1.82) is 0 Å². The van der Waals surface area contributed by atoms with Crippen LogP contribution in [-0.2, 0) is 19.6 Å². The first-order chi connectivity index (χ1) is 8.82. The Labute approximate surface area is 125 Å². The number of hydrogen-bond donors (Lipinski definition) is 0. The summed E-state index contributed by atoms with van der Waals surface area (Å²) in [6.45, 7) is 4.02. The number of carbonyl (C=O) groups is 1. The zero-order chi connectivity index (χ0) is 14.6. The van der Waals surface area contributed by atoms with Crippen LogP contribution in [0, 0.1) is 6.92 Å². The molecular weight excluding hydrogens is 354 g/mol. The van der Waals surface area contributed by atoms with Gasteiger partial charge < -0.3 is 4.74 Å². The average molecular weight is 370 g/mol. The van der Waals surface area contributed by atoms with Gasteiger partial charge >= 0.3 is 5.97 Å². The molecule has 0 N–H and O–H groups in total. The first kappa shape index (κ1) is 16.6. The van der Waals surface area contributed by atoms with Crippen molar-refractivity contribution < 1.29 is 17.9 Å². The summed E-state index contributed by atoms with van der Waals surface area (Å²) < 4.78 is 31.7. The number of halogens is 1. The third-order valence-electron chi connectivity index (χ3n) is 2.57. The van der Waals surface area contributed by atoms with E-state index in [0.29, 0.717) is 6.54 Å². The summed E-state index contributed by atoms with van der Waals surface area (Å²) in [5, 5.41) is 0. The van der Waals surface area contributed by atoms with E-state index in [1.165, 1.54) is 22.8 Å². The largest absolute Gasteiger partial charge is 0.469 e. The van der Waals surface area contributed by atoms with Gasteiger partial charge in [0, 0.05) is 13.1 Å². The molecule has 0 aliphatic carbocycles. The molecule has 0 radical (unpaired) electrons. The van der Waals surface area contributed by atoms with Gasteiger partial charge in [-0.2, -0.15) is 4.31 Å². The highest BCUT2D eigenvalue weighted by Gasteiger charge is 2.26. The van der Waals surface area contributed by atoms with E-state index in [2.05, 4.69) is 20.7 Å². The van der Waals surface area contributed by atoms with Gasteiger partial charge in [-0.15, -0.1) is 11.3 Å². The van der Waals surface area contributed by atoms with Gasteiger partial charge in [0.1, 0.15) is 4.21 Å². The van der Waals surface area contributed by atoms with E-state index in [-0.39, 0.29) is 17.2 Å². The van der Waals surface area contributed by atoms with Gasteiger partial charge in [0.15, 0.2) is 0 Å². The molecule has 1 heterocycles. The molecule has 0 aliphatic heterocycles. The van der Waals surface area contributed by atoms with Gasteiger partial charge in [0.25, 0.3) is 10.0 Å². The van der Waals surface area contributed by atoms with Gasteiger partial charge in [-0.1, -0.05) is 6.92 Å².